The van der Waals surface area contributed by atoms with E-state index < -0.39 is 6.46 Å². The fraction of sp³-hybridized carbons (Fsp3) is 1.00. The van der Waals surface area contributed by atoms with Gasteiger partial charge in [-0.3, -0.25) is 0 Å². The molecule has 0 aliphatic carbocycles. The molecule has 0 aliphatic rings. The van der Waals surface area contributed by atoms with E-state index >= 15 is 0 Å². The van der Waals surface area contributed by atoms with Crippen molar-refractivity contribution in [2.24, 2.45) is 0 Å². The Morgan fingerprint density at radius 3 is 2.53 bits per heavy atom. The van der Waals surface area contributed by atoms with Crippen LogP contribution in [-0.2, 0) is 33.0 Å². The third-order valence-electron chi connectivity index (χ3n) is 1.17. The van der Waals surface area contributed by atoms with Crippen molar-refractivity contribution in [2.45, 2.75) is 26.2 Å². The summed E-state index contributed by atoms with van der Waals surface area (Å²) in [5.41, 5.74) is 0. The van der Waals surface area contributed by atoms with Crippen LogP contribution in [0.15, 0.2) is 0 Å². The van der Waals surface area contributed by atoms with E-state index in [9.17, 15) is 0 Å². The van der Waals surface area contributed by atoms with Gasteiger partial charge in [0.2, 0.25) is 0 Å². The Morgan fingerprint density at radius 2 is 1.93 bits per heavy atom. The third-order valence-corrected chi connectivity index (χ3v) is 19.0. The van der Waals surface area contributed by atoms with E-state index in [4.69, 9.17) is 26.6 Å². The Labute approximate surface area is 132 Å². The Bertz CT molecular complexity index is 211. The number of unbranched alkanes of at least 4 members (excludes halogenated alkanes) is 2. The zero-order chi connectivity index (χ0) is 11.6. The maximum Gasteiger partial charge on any atom is 0.0820 e. The van der Waals surface area contributed by atoms with Gasteiger partial charge in [-0.1, -0.05) is 19.8 Å². The topological polar surface area (TPSA) is 9.23 Å². The second-order valence-corrected chi connectivity index (χ2v) is 20.3. The molecule has 1 nitrogen and oxygen atoms in total. The molecule has 0 spiro atoms. The third kappa shape index (κ3) is 13.5. The van der Waals surface area contributed by atoms with Crippen molar-refractivity contribution in [3.05, 3.63) is 0 Å². The molecule has 0 radical (unpaired) electrons. The molecular weight excluding hydrogens is 459 g/mol. The summed E-state index contributed by atoms with van der Waals surface area (Å²) >= 11 is 12.7. The van der Waals surface area contributed by atoms with Crippen LogP contribution < -0.4 is 0 Å². The SMILES string of the molecule is CCCCCOS(=S)(=S)SSSSSI. The average molecular weight is 471 g/mol. The van der Waals surface area contributed by atoms with E-state index in [2.05, 4.69) is 28.1 Å². The second kappa shape index (κ2) is 12.3. The van der Waals surface area contributed by atoms with E-state index in [1.54, 1.807) is 37.4 Å². The molecule has 0 aliphatic heterocycles. The van der Waals surface area contributed by atoms with Gasteiger partial charge in [0.15, 0.2) is 0 Å². The highest BCUT2D eigenvalue weighted by Gasteiger charge is 2.04. The summed E-state index contributed by atoms with van der Waals surface area (Å²) in [5, 5.41) is 0. The van der Waals surface area contributed by atoms with Gasteiger partial charge in [-0.25, -0.2) is 0 Å². The minimum Gasteiger partial charge on any atom is -0.301 e. The van der Waals surface area contributed by atoms with Gasteiger partial charge in [0.25, 0.3) is 0 Å². The van der Waals surface area contributed by atoms with Crippen LogP contribution in [-0.4, -0.2) is 6.61 Å². The summed E-state index contributed by atoms with van der Waals surface area (Å²) < 4.78 is 5.54. The zero-order valence-electron chi connectivity index (χ0n) is 7.88. The van der Waals surface area contributed by atoms with Crippen LogP contribution >= 0.6 is 68.5 Å². The van der Waals surface area contributed by atoms with Crippen LogP contribution in [0.1, 0.15) is 26.2 Å². The van der Waals surface area contributed by atoms with Crippen molar-refractivity contribution in [3.8, 4) is 0 Å². The second-order valence-electron chi connectivity index (χ2n) is 2.27. The number of rotatable bonds is 10. The maximum atomic E-state index is 5.54. The molecule has 0 heterocycles. The largest absolute Gasteiger partial charge is 0.301 e. The van der Waals surface area contributed by atoms with Crippen molar-refractivity contribution < 1.29 is 4.18 Å². The summed E-state index contributed by atoms with van der Waals surface area (Å²) in [5.74, 6) is 0. The first-order valence-corrected chi connectivity index (χ1v) is 16.6. The van der Waals surface area contributed by atoms with Gasteiger partial charge < -0.3 is 4.18 Å². The van der Waals surface area contributed by atoms with Crippen molar-refractivity contribution in [1.29, 1.82) is 0 Å². The lowest BCUT2D eigenvalue weighted by Gasteiger charge is -2.08. The molecule has 10 heteroatoms. The molecule has 0 fully saturated rings. The number of hydrogen-bond donors (Lipinski definition) is 0. The van der Waals surface area contributed by atoms with E-state index in [0.717, 1.165) is 6.42 Å². The molecule has 0 saturated carbocycles. The van der Waals surface area contributed by atoms with Crippen molar-refractivity contribution in [1.82, 2.24) is 0 Å². The highest BCUT2D eigenvalue weighted by Crippen LogP contribution is 2.52. The summed E-state index contributed by atoms with van der Waals surface area (Å²) in [6.45, 7) is 1.14. The predicted octanol–water partition coefficient (Wildman–Crippen LogP) is 5.78. The van der Waals surface area contributed by atoms with Crippen LogP contribution in [0.5, 0.6) is 0 Å². The minimum absolute atomic E-state index is 0.711. The average Bonchev–Trinajstić information content (AvgIpc) is 2.20. The normalized spacial score (nSPS) is 11.9. The summed E-state index contributed by atoms with van der Waals surface area (Å²) in [6, 6.07) is 0. The monoisotopic (exact) mass is 470 g/mol. The van der Waals surface area contributed by atoms with E-state index in [1.165, 1.54) is 22.7 Å². The Hall–Kier alpha value is 3.23. The highest BCUT2D eigenvalue weighted by molar-refractivity contribution is 14.2. The molecule has 0 atom stereocenters. The summed E-state index contributed by atoms with van der Waals surface area (Å²) in [4.78, 5) is 0. The molecular formula is C5H11IOS8. The van der Waals surface area contributed by atoms with Crippen molar-refractivity contribution in [3.63, 3.8) is 0 Å². The number of hydrogen-bond acceptors (Lipinski definition) is 8. The Kier molecular flexibility index (Phi) is 14.9. The molecule has 0 aromatic heterocycles. The summed E-state index contributed by atoms with van der Waals surface area (Å²) in [7, 11) is 8.22. The fourth-order valence-corrected chi connectivity index (χ4v) is 19.6. The van der Waals surface area contributed by atoms with Gasteiger partial charge in [0.1, 0.15) is 0 Å². The van der Waals surface area contributed by atoms with E-state index in [-0.39, 0.29) is 0 Å². The Morgan fingerprint density at radius 1 is 1.20 bits per heavy atom. The van der Waals surface area contributed by atoms with Crippen LogP contribution in [0.4, 0.5) is 0 Å². The smallest absolute Gasteiger partial charge is 0.0820 e. The van der Waals surface area contributed by atoms with Crippen LogP contribution in [0, 0.1) is 0 Å². The van der Waals surface area contributed by atoms with Crippen LogP contribution in [0.2, 0.25) is 0 Å². The Balaban J connectivity index is 3.50. The molecule has 0 N–H and O–H groups in total. The first-order valence-electron chi connectivity index (χ1n) is 3.98. The molecule has 0 unspecified atom stereocenters. The van der Waals surface area contributed by atoms with Gasteiger partial charge in [-0.2, -0.15) is 0 Å². The molecule has 0 amide bonds. The molecule has 0 rings (SSSR count). The maximum absolute atomic E-state index is 5.54. The van der Waals surface area contributed by atoms with E-state index in [1.807, 2.05) is 0 Å². The minimum atomic E-state index is -1.74. The van der Waals surface area contributed by atoms with Gasteiger partial charge in [0.05, 0.1) is 13.1 Å². The molecule has 15 heavy (non-hydrogen) atoms. The van der Waals surface area contributed by atoms with Gasteiger partial charge >= 0.3 is 0 Å². The van der Waals surface area contributed by atoms with Gasteiger partial charge in [0, 0.05) is 40.9 Å². The fourth-order valence-electron chi connectivity index (χ4n) is 0.600. The predicted molar refractivity (Wildman–Crippen MR) is 99.5 cm³/mol. The quantitative estimate of drug-likeness (QED) is 0.223. The van der Waals surface area contributed by atoms with Gasteiger partial charge in [-0.05, 0) is 56.4 Å². The molecule has 0 aromatic carbocycles. The van der Waals surface area contributed by atoms with Crippen molar-refractivity contribution in [2.75, 3.05) is 6.61 Å². The standard InChI is InChI=1S/C5H11IOS8/c1-2-3-4-5-7-15(8,9)14-13-12-11-10-6/h2-5H2,1H3. The summed E-state index contributed by atoms with van der Waals surface area (Å²) in [6.07, 6.45) is 3.45. The lowest BCUT2D eigenvalue weighted by Crippen LogP contribution is -1.98. The molecule has 0 bridgehead atoms. The molecule has 0 aromatic rings. The number of halogens is 1. The first kappa shape index (κ1) is 18.2. The molecule has 0 saturated heterocycles. The lowest BCUT2D eigenvalue weighted by molar-refractivity contribution is 0.358. The highest BCUT2D eigenvalue weighted by atomic mass is 127. The van der Waals surface area contributed by atoms with Crippen molar-refractivity contribution >= 4 is 97.3 Å². The van der Waals surface area contributed by atoms with Crippen LogP contribution in [0.3, 0.4) is 0 Å². The zero-order valence-corrected chi connectivity index (χ0v) is 16.6. The van der Waals surface area contributed by atoms with Crippen LogP contribution in [0.25, 0.3) is 0 Å². The van der Waals surface area contributed by atoms with E-state index in [0.29, 0.717) is 6.61 Å². The molecule has 92 valence electrons. The van der Waals surface area contributed by atoms with Gasteiger partial charge in [-0.15, -0.1) is 0 Å². The lowest BCUT2D eigenvalue weighted by atomic mass is 10.3. The first-order chi connectivity index (χ1) is 7.12.